The van der Waals surface area contributed by atoms with Crippen LogP contribution in [0.2, 0.25) is 5.02 Å². The number of ether oxygens (including phenoxy) is 5. The van der Waals surface area contributed by atoms with Gasteiger partial charge in [0.25, 0.3) is 0 Å². The van der Waals surface area contributed by atoms with E-state index in [0.717, 1.165) is 215 Å². The van der Waals surface area contributed by atoms with E-state index in [2.05, 4.69) is 120 Å². The molecule has 0 atom stereocenters. The lowest BCUT2D eigenvalue weighted by atomic mass is 9.64. The largest absolute Gasteiger partial charge is 0.492 e. The number of hydrogen-bond donors (Lipinski definition) is 8. The average molecular weight is 1710 g/mol. The highest BCUT2D eigenvalue weighted by molar-refractivity contribution is 6.30. The second-order valence-electron chi connectivity index (χ2n) is 33.9. The van der Waals surface area contributed by atoms with Crippen molar-refractivity contribution in [1.82, 2.24) is 24.9 Å². The van der Waals surface area contributed by atoms with Gasteiger partial charge in [0.15, 0.2) is 5.82 Å². The van der Waals surface area contributed by atoms with Gasteiger partial charge in [-0.25, -0.2) is 24.9 Å². The molecular weight excluding hydrogens is 1590 g/mol. The third-order valence-electron chi connectivity index (χ3n) is 26.2. The van der Waals surface area contributed by atoms with Gasteiger partial charge >= 0.3 is 29.9 Å². The third-order valence-corrected chi connectivity index (χ3v) is 26.4. The van der Waals surface area contributed by atoms with Crippen LogP contribution >= 0.6 is 11.6 Å². The molecule has 5 aliphatic carbocycles. The molecule has 3 saturated heterocycles. The van der Waals surface area contributed by atoms with E-state index in [1.54, 1.807) is 49.2 Å². The SMILES string of the molecule is CC(C)N(CC1CC1)c1ncc(C2(C(=O)O)CCC2)cc1Nc1ccc(C#N)cc1.CCN(c1ccc(C2(C(=O)O)CCC2)cc1Nc1ccc(Cl)cn1)C1CCOCC1.CCOc1ccc(Nc2cc(C3(C(=O)O)CCC3)ccc2N(CC)C2CCOCC2)nc1.CCOc1ncc(Nc2cc(C3(C(=O)O)CCC3)ccc2N(CC)C2CCOCC2)cn1. The number of pyridine rings is 3. The van der Waals surface area contributed by atoms with E-state index in [1.165, 1.54) is 12.8 Å². The van der Waals surface area contributed by atoms with Gasteiger partial charge in [-0.3, -0.25) is 19.2 Å². The highest BCUT2D eigenvalue weighted by atomic mass is 35.5. The smallest absolute Gasteiger partial charge is 0.316 e. The van der Waals surface area contributed by atoms with Crippen LogP contribution in [0.5, 0.6) is 11.8 Å². The molecule has 27 nitrogen and oxygen atoms in total. The number of carbonyl (C=O) groups is 4. The Bertz CT molecular complexity index is 4790. The lowest BCUT2D eigenvalue weighted by Crippen LogP contribution is -2.42. The number of carboxylic acid groups (broad SMARTS) is 4. The zero-order valence-electron chi connectivity index (χ0n) is 72.6. The van der Waals surface area contributed by atoms with Crippen LogP contribution in [0.3, 0.4) is 0 Å². The second-order valence-corrected chi connectivity index (χ2v) is 34.3. The number of anilines is 12. The van der Waals surface area contributed by atoms with Crippen LogP contribution < -0.4 is 50.3 Å². The standard InChI is InChI=1S/C25H33N3O4.C24H32N4O4.C24H28N4O2.C23H28ClN3O3/c1-3-28(19-10-14-31-15-11-19)22-8-6-18(25(24(29)30)12-5-13-25)16-21(22)27-23-9-7-20(17-26-23)32-4-2;1-3-28(19-8-12-31-13-9-19)21-7-6-17(24(22(29)30)10-5-11-24)14-20(21)27-18-15-25-23(26-16-18)32-4-2;1-16(2)28(15-18-4-5-18)22-21(27-20-8-6-17(13-25)7-9-20)12-19(14-26-22)24(23(29)30)10-3-11-24;1-2-27(18-8-12-30-13-9-18)20-6-4-16(23(22(28)29)10-3-11-23)14-19(20)26-21-7-5-17(24)15-25-21/h6-9,16-17,19H,3-5,10-15H2,1-2H3,(H,26,27)(H,29,30);6-7,14-16,19,27H,3-5,8-13H2,1-2H3,(H,29,30);6-9,12,14,16,18,27H,3-5,10-11,15H2,1-2H3,(H,29,30);4-7,14-15,18H,2-3,8-13H2,1H3,(H,25,26)(H,28,29). The van der Waals surface area contributed by atoms with E-state index in [1.807, 2.05) is 86.6 Å². The lowest BCUT2D eigenvalue weighted by molar-refractivity contribution is -0.148. The maximum absolute atomic E-state index is 12.1. The fourth-order valence-electron chi connectivity index (χ4n) is 18.2. The summed E-state index contributed by atoms with van der Waals surface area (Å²) in [7, 11) is 0. The van der Waals surface area contributed by atoms with Gasteiger partial charge in [-0.2, -0.15) is 5.26 Å². The quantitative estimate of drug-likeness (QED) is 0.0189. The van der Waals surface area contributed by atoms with Gasteiger partial charge in [0.1, 0.15) is 17.4 Å². The lowest BCUT2D eigenvalue weighted by Gasteiger charge is -2.40. The topological polar surface area (TPSA) is 345 Å². The molecule has 4 aromatic carbocycles. The Labute approximate surface area is 733 Å². The number of benzene rings is 4. The predicted octanol–water partition coefficient (Wildman–Crippen LogP) is 18.7. The highest BCUT2D eigenvalue weighted by Crippen LogP contribution is 2.51. The summed E-state index contributed by atoms with van der Waals surface area (Å²) in [5, 5.41) is 63.1. The van der Waals surface area contributed by atoms with Crippen molar-refractivity contribution in [2.75, 3.05) is 120 Å². The van der Waals surface area contributed by atoms with Crippen molar-refractivity contribution in [2.24, 2.45) is 5.92 Å². The van der Waals surface area contributed by atoms with Crippen LogP contribution in [0.15, 0.2) is 140 Å². The van der Waals surface area contributed by atoms with Gasteiger partial charge in [-0.05, 0) is 270 Å². The van der Waals surface area contributed by atoms with Gasteiger partial charge < -0.3 is 85.0 Å². The minimum absolute atomic E-state index is 0.280. The molecule has 0 bridgehead atoms. The number of carboxylic acids is 4. The Morgan fingerprint density at radius 1 is 0.460 bits per heavy atom. The van der Waals surface area contributed by atoms with E-state index in [4.69, 9.17) is 45.5 Å². The molecule has 3 aliphatic heterocycles. The van der Waals surface area contributed by atoms with E-state index in [-0.39, 0.29) is 6.04 Å². The summed E-state index contributed by atoms with van der Waals surface area (Å²) in [6.07, 6.45) is 25.9. The minimum atomic E-state index is -0.828. The number of nitriles is 1. The monoisotopic (exact) mass is 1710 g/mol. The molecule has 0 radical (unpaired) electrons. The van der Waals surface area contributed by atoms with Gasteiger partial charge in [-0.15, -0.1) is 0 Å². The number of hydrogen-bond acceptors (Lipinski definition) is 23. The molecule has 0 spiro atoms. The van der Waals surface area contributed by atoms with Crippen LogP contribution in [0, 0.1) is 17.2 Å². The molecule has 0 unspecified atom stereocenters. The predicted molar refractivity (Wildman–Crippen MR) is 484 cm³/mol. The highest BCUT2D eigenvalue weighted by Gasteiger charge is 2.50. The van der Waals surface area contributed by atoms with Crippen molar-refractivity contribution in [3.05, 3.63) is 173 Å². The summed E-state index contributed by atoms with van der Waals surface area (Å²) < 4.78 is 27.5. The second kappa shape index (κ2) is 41.6. The number of halogens is 1. The van der Waals surface area contributed by atoms with Crippen molar-refractivity contribution in [1.29, 1.82) is 5.26 Å². The number of nitrogens with one attached hydrogen (secondary N) is 4. The first-order valence-corrected chi connectivity index (χ1v) is 44.9. The van der Waals surface area contributed by atoms with E-state index >= 15 is 0 Å². The van der Waals surface area contributed by atoms with E-state index < -0.39 is 45.5 Å². The first kappa shape index (κ1) is 90.7. The molecule has 5 saturated carbocycles. The molecule has 0 amide bonds. The van der Waals surface area contributed by atoms with E-state index in [0.29, 0.717) is 117 Å². The van der Waals surface area contributed by atoms with Crippen molar-refractivity contribution in [3.8, 4) is 17.8 Å². The molecule has 28 heteroatoms. The van der Waals surface area contributed by atoms with Crippen molar-refractivity contribution < 1.29 is 63.3 Å². The van der Waals surface area contributed by atoms with Crippen molar-refractivity contribution in [3.63, 3.8) is 0 Å². The number of rotatable bonds is 33. The molecule has 7 heterocycles. The van der Waals surface area contributed by atoms with Crippen LogP contribution in [0.4, 0.5) is 68.6 Å². The van der Waals surface area contributed by atoms with Crippen LogP contribution in [0.25, 0.3) is 0 Å². The van der Waals surface area contributed by atoms with Gasteiger partial charge in [0.2, 0.25) is 0 Å². The van der Waals surface area contributed by atoms with Crippen LogP contribution in [0.1, 0.15) is 205 Å². The Kier molecular flexibility index (Phi) is 30.4. The van der Waals surface area contributed by atoms with Crippen LogP contribution in [-0.4, -0.2) is 172 Å². The van der Waals surface area contributed by atoms with Crippen LogP contribution in [-0.2, 0) is 55.0 Å². The Balaban J connectivity index is 0.000000142. The summed E-state index contributed by atoms with van der Waals surface area (Å²) >= 11 is 5.99. The summed E-state index contributed by atoms with van der Waals surface area (Å²) in [5.41, 5.74) is 8.95. The van der Waals surface area contributed by atoms with Crippen molar-refractivity contribution >= 4 is 104 Å². The zero-order chi connectivity index (χ0) is 87.6. The van der Waals surface area contributed by atoms with Gasteiger partial charge in [0, 0.05) is 108 Å². The summed E-state index contributed by atoms with van der Waals surface area (Å²) in [5.74, 6) is 0.663. The Hall–Kier alpha value is -11.1. The molecule has 8 aromatic rings. The molecular formula is C96H121ClN14O13. The first-order chi connectivity index (χ1) is 60.1. The molecule has 8 N–H and O–H groups in total. The minimum Gasteiger partial charge on any atom is -0.492 e. The van der Waals surface area contributed by atoms with Gasteiger partial charge in [0.05, 0.1) is 116 Å². The fraction of sp³-hybridized carbons (Fsp3) is 0.500. The normalized spacial score (nSPS) is 17.9. The molecule has 8 aliphatic rings. The number of aromatic nitrogens is 5. The van der Waals surface area contributed by atoms with E-state index in [9.17, 15) is 39.6 Å². The maximum atomic E-state index is 12.1. The van der Waals surface area contributed by atoms with Crippen molar-refractivity contribution in [2.45, 2.75) is 223 Å². The maximum Gasteiger partial charge on any atom is 0.316 e. The average Bonchev–Trinajstić information content (AvgIpc) is 0.893. The Morgan fingerprint density at radius 3 is 1.20 bits per heavy atom. The first-order valence-electron chi connectivity index (χ1n) is 44.5. The number of nitrogens with zero attached hydrogens (tertiary/aromatic N) is 10. The molecule has 4 aromatic heterocycles. The molecule has 124 heavy (non-hydrogen) atoms. The third kappa shape index (κ3) is 20.8. The molecule has 660 valence electrons. The zero-order valence-corrected chi connectivity index (χ0v) is 73.4. The fourth-order valence-corrected chi connectivity index (χ4v) is 18.3. The molecule has 8 fully saturated rings. The summed E-state index contributed by atoms with van der Waals surface area (Å²) in [4.78, 5) is 80.0. The van der Waals surface area contributed by atoms with Gasteiger partial charge in [-0.1, -0.05) is 55.5 Å². The summed E-state index contributed by atoms with van der Waals surface area (Å²) in [6, 6.07) is 38.8. The molecule has 16 rings (SSSR count). The summed E-state index contributed by atoms with van der Waals surface area (Å²) in [6.45, 7) is 23.8. The Morgan fingerprint density at radius 2 is 0.855 bits per heavy atom. The number of aliphatic carboxylic acids is 4.